The number of carbonyl (C=O) groups excluding carboxylic acids is 1. The van der Waals surface area contributed by atoms with Crippen LogP contribution in [0.5, 0.6) is 0 Å². The molecule has 1 aromatic heterocycles. The summed E-state index contributed by atoms with van der Waals surface area (Å²) in [5, 5.41) is 12.4. The first-order valence-electron chi connectivity index (χ1n) is 7.50. The molecule has 1 amide bonds. The largest absolute Gasteiger partial charge is 0.481 e. The van der Waals surface area contributed by atoms with Crippen molar-refractivity contribution < 1.29 is 14.7 Å². The Hall–Kier alpha value is -1.85. The molecule has 0 spiro atoms. The van der Waals surface area contributed by atoms with Crippen LogP contribution in [0, 0.1) is 5.41 Å². The molecule has 0 bridgehead atoms. The third kappa shape index (κ3) is 3.83. The number of aryl methyl sites for hydroxylation is 1. The molecule has 0 aromatic carbocycles. The number of hydrogen-bond acceptors (Lipinski definition) is 3. The molecule has 2 rings (SSSR count). The summed E-state index contributed by atoms with van der Waals surface area (Å²) in [4.78, 5) is 27.9. The van der Waals surface area contributed by atoms with E-state index in [-0.39, 0.29) is 12.3 Å². The Balaban J connectivity index is 1.95. The first-order valence-corrected chi connectivity index (χ1v) is 7.50. The van der Waals surface area contributed by atoms with Gasteiger partial charge < -0.3 is 15.0 Å². The van der Waals surface area contributed by atoms with Gasteiger partial charge in [0.2, 0.25) is 5.91 Å². The van der Waals surface area contributed by atoms with Gasteiger partial charge in [0.15, 0.2) is 0 Å². The van der Waals surface area contributed by atoms with Crippen molar-refractivity contribution in [1.82, 2.24) is 14.9 Å². The van der Waals surface area contributed by atoms with Crippen LogP contribution in [0.25, 0.3) is 0 Å². The number of carbonyl (C=O) groups is 2. The zero-order valence-electron chi connectivity index (χ0n) is 12.5. The normalized spacial score (nSPS) is 18.0. The fraction of sp³-hybridized carbons (Fsp3) is 0.667. The van der Waals surface area contributed by atoms with E-state index >= 15 is 0 Å². The number of rotatable bonds is 5. The summed E-state index contributed by atoms with van der Waals surface area (Å²) in [6.07, 6.45) is 8.63. The van der Waals surface area contributed by atoms with Crippen LogP contribution in [0.4, 0.5) is 0 Å². The molecule has 0 saturated heterocycles. The predicted molar refractivity (Wildman–Crippen MR) is 77.4 cm³/mol. The van der Waals surface area contributed by atoms with Crippen LogP contribution in [-0.2, 0) is 23.2 Å². The van der Waals surface area contributed by atoms with Crippen LogP contribution >= 0.6 is 0 Å². The minimum atomic E-state index is -0.887. The molecule has 1 saturated carbocycles. The van der Waals surface area contributed by atoms with E-state index in [1.54, 1.807) is 6.20 Å². The fourth-order valence-electron chi connectivity index (χ4n) is 2.99. The smallest absolute Gasteiger partial charge is 0.310 e. The van der Waals surface area contributed by atoms with Gasteiger partial charge >= 0.3 is 5.97 Å². The van der Waals surface area contributed by atoms with Crippen molar-refractivity contribution in [2.45, 2.75) is 51.5 Å². The van der Waals surface area contributed by atoms with E-state index in [0.717, 1.165) is 31.5 Å². The fourth-order valence-corrected chi connectivity index (χ4v) is 2.99. The number of carboxylic acid groups (broad SMARTS) is 1. The number of nitrogens with zero attached hydrogens (tertiary/aromatic N) is 2. The monoisotopic (exact) mass is 293 g/mol. The van der Waals surface area contributed by atoms with Gasteiger partial charge in [-0.05, 0) is 12.8 Å². The Morgan fingerprint density at radius 3 is 2.52 bits per heavy atom. The van der Waals surface area contributed by atoms with Gasteiger partial charge in [0.1, 0.15) is 5.82 Å². The minimum Gasteiger partial charge on any atom is -0.481 e. The maximum Gasteiger partial charge on any atom is 0.310 e. The Morgan fingerprint density at radius 2 is 2.00 bits per heavy atom. The second kappa shape index (κ2) is 6.74. The second-order valence-corrected chi connectivity index (χ2v) is 5.91. The van der Waals surface area contributed by atoms with Gasteiger partial charge in [0, 0.05) is 25.9 Å². The summed E-state index contributed by atoms with van der Waals surface area (Å²) in [5.41, 5.74) is -0.887. The molecule has 1 fully saturated rings. The van der Waals surface area contributed by atoms with Gasteiger partial charge in [-0.1, -0.05) is 25.7 Å². The lowest BCUT2D eigenvalue weighted by Crippen LogP contribution is -2.37. The van der Waals surface area contributed by atoms with E-state index in [1.165, 1.54) is 0 Å². The van der Waals surface area contributed by atoms with Crippen molar-refractivity contribution in [1.29, 1.82) is 0 Å². The van der Waals surface area contributed by atoms with Gasteiger partial charge in [-0.2, -0.15) is 0 Å². The molecule has 116 valence electrons. The Morgan fingerprint density at radius 1 is 1.33 bits per heavy atom. The Kier molecular flexibility index (Phi) is 4.98. The van der Waals surface area contributed by atoms with Gasteiger partial charge in [-0.25, -0.2) is 4.98 Å². The van der Waals surface area contributed by atoms with Crippen LogP contribution in [-0.4, -0.2) is 26.5 Å². The predicted octanol–water partition coefficient (Wildman–Crippen LogP) is 1.85. The van der Waals surface area contributed by atoms with Gasteiger partial charge in [-0.15, -0.1) is 0 Å². The summed E-state index contributed by atoms with van der Waals surface area (Å²) >= 11 is 0. The molecule has 0 aliphatic heterocycles. The molecule has 0 unspecified atom stereocenters. The average molecular weight is 293 g/mol. The van der Waals surface area contributed by atoms with Crippen LogP contribution in [0.3, 0.4) is 0 Å². The van der Waals surface area contributed by atoms with Gasteiger partial charge in [0.25, 0.3) is 0 Å². The molecular weight excluding hydrogens is 270 g/mol. The highest BCUT2D eigenvalue weighted by atomic mass is 16.4. The van der Waals surface area contributed by atoms with Crippen molar-refractivity contribution in [3.8, 4) is 0 Å². The molecule has 1 heterocycles. The maximum atomic E-state index is 12.1. The third-order valence-electron chi connectivity index (χ3n) is 4.38. The van der Waals surface area contributed by atoms with Crippen molar-refractivity contribution in [3.63, 3.8) is 0 Å². The number of aromatic nitrogens is 2. The summed E-state index contributed by atoms with van der Waals surface area (Å²) in [6, 6.07) is 0. The number of amides is 1. The topological polar surface area (TPSA) is 84.2 Å². The lowest BCUT2D eigenvalue weighted by Gasteiger charge is -2.27. The highest BCUT2D eigenvalue weighted by Gasteiger charge is 2.40. The van der Waals surface area contributed by atoms with E-state index in [2.05, 4.69) is 10.3 Å². The molecule has 2 N–H and O–H groups in total. The average Bonchev–Trinajstić information content (AvgIpc) is 2.70. The van der Waals surface area contributed by atoms with Crippen LogP contribution in [0.2, 0.25) is 0 Å². The molecular formula is C15H23N3O3. The Labute approximate surface area is 124 Å². The molecule has 1 aliphatic rings. The second-order valence-electron chi connectivity index (χ2n) is 5.91. The molecule has 1 aromatic rings. The number of carboxylic acids is 1. The SMILES string of the molecule is Cn1ccnc1CNC(=O)CC1(C(=O)O)CCCCCC1. The highest BCUT2D eigenvalue weighted by molar-refractivity contribution is 5.84. The summed E-state index contributed by atoms with van der Waals surface area (Å²) in [7, 11) is 1.86. The summed E-state index contributed by atoms with van der Waals surface area (Å²) in [6.45, 7) is 0.331. The van der Waals surface area contributed by atoms with E-state index in [1.807, 2.05) is 17.8 Å². The standard InChI is InChI=1S/C15H23N3O3/c1-18-9-8-16-12(18)11-17-13(19)10-15(14(20)21)6-4-2-3-5-7-15/h8-9H,2-7,10-11H2,1H3,(H,17,19)(H,20,21). The van der Waals surface area contributed by atoms with Crippen molar-refractivity contribution in [2.24, 2.45) is 12.5 Å². The summed E-state index contributed by atoms with van der Waals surface area (Å²) in [5.74, 6) is -0.285. The van der Waals surface area contributed by atoms with Crippen molar-refractivity contribution in [3.05, 3.63) is 18.2 Å². The van der Waals surface area contributed by atoms with Crippen LogP contribution in [0.15, 0.2) is 12.4 Å². The first-order chi connectivity index (χ1) is 10.0. The van der Waals surface area contributed by atoms with Crippen molar-refractivity contribution >= 4 is 11.9 Å². The number of hydrogen-bond donors (Lipinski definition) is 2. The molecule has 6 nitrogen and oxygen atoms in total. The zero-order valence-corrected chi connectivity index (χ0v) is 12.5. The van der Waals surface area contributed by atoms with E-state index in [9.17, 15) is 14.7 Å². The lowest BCUT2D eigenvalue weighted by atomic mass is 9.77. The molecule has 1 aliphatic carbocycles. The molecule has 21 heavy (non-hydrogen) atoms. The number of aliphatic carboxylic acids is 1. The zero-order chi connectivity index (χ0) is 15.3. The van der Waals surface area contributed by atoms with E-state index < -0.39 is 11.4 Å². The quantitative estimate of drug-likeness (QED) is 0.811. The van der Waals surface area contributed by atoms with Gasteiger partial charge in [0.05, 0.1) is 12.0 Å². The number of nitrogens with one attached hydrogen (secondary N) is 1. The maximum absolute atomic E-state index is 12.1. The van der Waals surface area contributed by atoms with Gasteiger partial charge in [-0.3, -0.25) is 9.59 Å². The Bertz CT molecular complexity index is 502. The molecule has 0 atom stereocenters. The van der Waals surface area contributed by atoms with E-state index in [0.29, 0.717) is 19.4 Å². The van der Waals surface area contributed by atoms with Crippen molar-refractivity contribution in [2.75, 3.05) is 0 Å². The summed E-state index contributed by atoms with van der Waals surface area (Å²) < 4.78 is 1.83. The van der Waals surface area contributed by atoms with Crippen LogP contribution < -0.4 is 5.32 Å². The highest BCUT2D eigenvalue weighted by Crippen LogP contribution is 2.38. The number of imidazole rings is 1. The van der Waals surface area contributed by atoms with Crippen LogP contribution in [0.1, 0.15) is 50.8 Å². The third-order valence-corrected chi connectivity index (χ3v) is 4.38. The first kappa shape index (κ1) is 15.5. The minimum absolute atomic E-state index is 0.0623. The lowest BCUT2D eigenvalue weighted by molar-refractivity contribution is -0.152. The molecule has 0 radical (unpaired) electrons. The molecule has 6 heteroatoms. The van der Waals surface area contributed by atoms with E-state index in [4.69, 9.17) is 0 Å².